The number of carbonyl (C=O) groups is 1. The topological polar surface area (TPSA) is 43.6 Å². The van der Waals surface area contributed by atoms with Gasteiger partial charge >= 0.3 is 0 Å². The number of thiazole rings is 1. The van der Waals surface area contributed by atoms with Crippen molar-refractivity contribution in [3.63, 3.8) is 0 Å². The summed E-state index contributed by atoms with van der Waals surface area (Å²) in [5.74, 6) is 0.263. The molecule has 0 unspecified atom stereocenters. The predicted molar refractivity (Wildman–Crippen MR) is 120 cm³/mol. The third kappa shape index (κ3) is 3.61. The van der Waals surface area contributed by atoms with E-state index in [2.05, 4.69) is 36.7 Å². The smallest absolute Gasteiger partial charge is 0.284 e. The van der Waals surface area contributed by atoms with Gasteiger partial charge in [-0.2, -0.15) is 4.99 Å². The third-order valence-corrected chi connectivity index (χ3v) is 5.79. The van der Waals surface area contributed by atoms with Crippen LogP contribution < -0.4 is 9.54 Å². The summed E-state index contributed by atoms with van der Waals surface area (Å²) in [6, 6.07) is 17.9. The van der Waals surface area contributed by atoms with Crippen molar-refractivity contribution in [3.8, 4) is 5.75 Å². The number of benzene rings is 3. The van der Waals surface area contributed by atoms with Gasteiger partial charge in [0.05, 0.1) is 22.4 Å². The second-order valence-electron chi connectivity index (χ2n) is 6.76. The Bertz CT molecular complexity index is 1300. The molecule has 0 saturated carbocycles. The van der Waals surface area contributed by atoms with Gasteiger partial charge in [-0.15, -0.1) is 6.58 Å². The quantitative estimate of drug-likeness (QED) is 0.414. The van der Waals surface area contributed by atoms with Crippen LogP contribution in [0, 0.1) is 6.92 Å². The minimum absolute atomic E-state index is 0.300. The number of hydrogen-bond donors (Lipinski definition) is 0. The van der Waals surface area contributed by atoms with Crippen molar-refractivity contribution >= 4 is 38.2 Å². The van der Waals surface area contributed by atoms with Crippen molar-refractivity contribution in [2.45, 2.75) is 20.4 Å². The molecule has 0 bridgehead atoms. The molecule has 0 aliphatic heterocycles. The Morgan fingerprint density at radius 2 is 2.03 bits per heavy atom. The van der Waals surface area contributed by atoms with Gasteiger partial charge in [0.2, 0.25) is 0 Å². The van der Waals surface area contributed by atoms with Crippen LogP contribution in [0.2, 0.25) is 0 Å². The number of carbonyl (C=O) groups excluding carboxylic acids is 1. The molecule has 4 nitrogen and oxygen atoms in total. The average molecular weight is 403 g/mol. The van der Waals surface area contributed by atoms with Gasteiger partial charge in [0.1, 0.15) is 5.75 Å². The highest BCUT2D eigenvalue weighted by Crippen LogP contribution is 2.29. The summed E-state index contributed by atoms with van der Waals surface area (Å²) >= 11 is 1.51. The van der Waals surface area contributed by atoms with E-state index in [1.165, 1.54) is 16.9 Å². The molecule has 4 aromatic rings. The Morgan fingerprint density at radius 1 is 1.21 bits per heavy atom. The Kier molecular flexibility index (Phi) is 5.32. The van der Waals surface area contributed by atoms with Gasteiger partial charge in [0.25, 0.3) is 5.91 Å². The van der Waals surface area contributed by atoms with Crippen molar-refractivity contribution in [2.75, 3.05) is 6.61 Å². The van der Waals surface area contributed by atoms with Crippen molar-refractivity contribution in [1.82, 2.24) is 4.57 Å². The summed E-state index contributed by atoms with van der Waals surface area (Å²) in [7, 11) is 0. The van der Waals surface area contributed by atoms with Gasteiger partial charge in [0, 0.05) is 6.54 Å². The maximum Gasteiger partial charge on any atom is 0.284 e. The average Bonchev–Trinajstić information content (AvgIpc) is 3.04. The molecule has 0 spiro atoms. The molecular formula is C24H22N2O2S. The van der Waals surface area contributed by atoms with Crippen LogP contribution in [-0.2, 0) is 6.54 Å². The van der Waals surface area contributed by atoms with Crippen molar-refractivity contribution in [3.05, 3.63) is 83.2 Å². The van der Waals surface area contributed by atoms with E-state index in [9.17, 15) is 4.79 Å². The van der Waals surface area contributed by atoms with Gasteiger partial charge in [-0.05, 0) is 48.4 Å². The Balaban J connectivity index is 1.94. The van der Waals surface area contributed by atoms with Gasteiger partial charge in [-0.25, -0.2) is 0 Å². The van der Waals surface area contributed by atoms with Crippen LogP contribution in [0.15, 0.2) is 72.2 Å². The summed E-state index contributed by atoms with van der Waals surface area (Å²) in [6.45, 7) is 8.89. The summed E-state index contributed by atoms with van der Waals surface area (Å²) < 4.78 is 8.88. The van der Waals surface area contributed by atoms with Gasteiger partial charge in [-0.1, -0.05) is 53.8 Å². The third-order valence-electron chi connectivity index (χ3n) is 4.75. The summed E-state index contributed by atoms with van der Waals surface area (Å²) in [4.78, 5) is 18.5. The van der Waals surface area contributed by atoms with E-state index in [1.54, 1.807) is 0 Å². The Hall–Kier alpha value is -3.18. The molecule has 0 aliphatic rings. The second kappa shape index (κ2) is 8.05. The van der Waals surface area contributed by atoms with E-state index in [1.807, 2.05) is 54.0 Å². The van der Waals surface area contributed by atoms with Crippen molar-refractivity contribution in [1.29, 1.82) is 0 Å². The molecular weight excluding hydrogens is 380 g/mol. The molecule has 4 rings (SSSR count). The number of allylic oxidation sites excluding steroid dienone is 1. The fraction of sp³-hybridized carbons (Fsp3) is 0.167. The number of nitrogens with zero attached hydrogens (tertiary/aromatic N) is 2. The van der Waals surface area contributed by atoms with Crippen LogP contribution in [0.3, 0.4) is 0 Å². The number of fused-ring (bicyclic) bond motifs is 2. The maximum absolute atomic E-state index is 13.3. The molecule has 0 fully saturated rings. The number of aromatic nitrogens is 1. The number of hydrogen-bond acceptors (Lipinski definition) is 3. The molecule has 0 atom stereocenters. The van der Waals surface area contributed by atoms with Gasteiger partial charge in [-0.3, -0.25) is 4.79 Å². The van der Waals surface area contributed by atoms with Gasteiger partial charge in [0.15, 0.2) is 4.80 Å². The number of ether oxygens (including phenoxy) is 1. The zero-order chi connectivity index (χ0) is 20.4. The van der Waals surface area contributed by atoms with Crippen LogP contribution in [0.5, 0.6) is 5.75 Å². The van der Waals surface area contributed by atoms with Crippen molar-refractivity contribution < 1.29 is 9.53 Å². The lowest BCUT2D eigenvalue weighted by Crippen LogP contribution is -2.16. The molecule has 3 aromatic carbocycles. The zero-order valence-electron chi connectivity index (χ0n) is 16.5. The number of aryl methyl sites for hydroxylation is 1. The highest BCUT2D eigenvalue weighted by atomic mass is 32.1. The Morgan fingerprint density at radius 3 is 2.83 bits per heavy atom. The molecule has 1 aromatic heterocycles. The highest BCUT2D eigenvalue weighted by Gasteiger charge is 2.17. The van der Waals surface area contributed by atoms with E-state index in [0.717, 1.165) is 21.0 Å². The zero-order valence-corrected chi connectivity index (χ0v) is 17.3. The Labute approximate surface area is 173 Å². The molecule has 0 radical (unpaired) electrons. The molecule has 0 aliphatic carbocycles. The molecule has 1 heterocycles. The first kappa shape index (κ1) is 19.2. The highest BCUT2D eigenvalue weighted by molar-refractivity contribution is 7.16. The first-order chi connectivity index (χ1) is 14.1. The van der Waals surface area contributed by atoms with E-state index in [-0.39, 0.29) is 5.91 Å². The number of rotatable bonds is 5. The molecule has 1 amide bonds. The first-order valence-electron chi connectivity index (χ1n) is 9.57. The van der Waals surface area contributed by atoms with E-state index in [4.69, 9.17) is 4.74 Å². The fourth-order valence-corrected chi connectivity index (χ4v) is 4.60. The standard InChI is InChI=1S/C24H22N2O2S/c1-4-14-26-19-12-10-16(3)15-21(19)29-24(26)25-23(27)22-18-9-7-6-8-17(18)11-13-20(22)28-5-2/h4,6-13,15H,1,5,14H2,2-3H3. The van der Waals surface area contributed by atoms with Crippen LogP contribution in [0.1, 0.15) is 22.8 Å². The first-order valence-corrected chi connectivity index (χ1v) is 10.4. The summed E-state index contributed by atoms with van der Waals surface area (Å²) in [5, 5.41) is 1.83. The van der Waals surface area contributed by atoms with Crippen LogP contribution in [0.25, 0.3) is 21.0 Å². The molecule has 0 saturated heterocycles. The predicted octanol–water partition coefficient (Wildman–Crippen LogP) is 5.49. The maximum atomic E-state index is 13.3. The normalized spacial score (nSPS) is 11.9. The number of amides is 1. The minimum atomic E-state index is -0.300. The molecule has 29 heavy (non-hydrogen) atoms. The lowest BCUT2D eigenvalue weighted by atomic mass is 10.0. The summed E-state index contributed by atoms with van der Waals surface area (Å²) in [5.41, 5.74) is 2.73. The van der Waals surface area contributed by atoms with Crippen LogP contribution in [0.4, 0.5) is 0 Å². The van der Waals surface area contributed by atoms with E-state index in [0.29, 0.717) is 29.3 Å². The molecule has 5 heteroatoms. The van der Waals surface area contributed by atoms with Crippen LogP contribution in [-0.4, -0.2) is 17.1 Å². The van der Waals surface area contributed by atoms with E-state index < -0.39 is 0 Å². The van der Waals surface area contributed by atoms with E-state index >= 15 is 0 Å². The largest absolute Gasteiger partial charge is 0.493 e. The lowest BCUT2D eigenvalue weighted by molar-refractivity contribution is 0.0996. The van der Waals surface area contributed by atoms with Crippen LogP contribution >= 0.6 is 11.3 Å². The SMILES string of the molecule is C=CCn1c(=NC(=O)c2c(OCC)ccc3ccccc23)sc2cc(C)ccc21. The molecule has 146 valence electrons. The second-order valence-corrected chi connectivity index (χ2v) is 7.77. The fourth-order valence-electron chi connectivity index (χ4n) is 3.46. The lowest BCUT2D eigenvalue weighted by Gasteiger charge is -2.10. The summed E-state index contributed by atoms with van der Waals surface area (Å²) in [6.07, 6.45) is 1.82. The van der Waals surface area contributed by atoms with Gasteiger partial charge < -0.3 is 9.30 Å². The van der Waals surface area contributed by atoms with Crippen molar-refractivity contribution in [2.24, 2.45) is 4.99 Å². The monoisotopic (exact) mass is 402 g/mol. The molecule has 0 N–H and O–H groups in total. The minimum Gasteiger partial charge on any atom is -0.493 e.